The minimum Gasteiger partial charge on any atom is -0.394 e. The highest BCUT2D eigenvalue weighted by Crippen LogP contribution is 2.15. The molecule has 0 radical (unpaired) electrons. The highest BCUT2D eigenvalue weighted by molar-refractivity contribution is 7.10. The Morgan fingerprint density at radius 3 is 2.95 bits per heavy atom. The Bertz CT molecular complexity index is 408. The Morgan fingerprint density at radius 2 is 2.32 bits per heavy atom. The van der Waals surface area contributed by atoms with E-state index in [0.717, 1.165) is 30.8 Å². The van der Waals surface area contributed by atoms with Crippen molar-refractivity contribution in [3.8, 4) is 0 Å². The number of rotatable bonds is 5. The molecule has 0 aromatic carbocycles. The standard InChI is InChI=1S/C14H19NO3S/c16-9-10-18-12-5-7-15(8-6-12)14(17)4-3-13-2-1-11-19-13/h1-4,11-12,16H,5-10H2/b4-3+. The molecule has 0 spiro atoms. The van der Waals surface area contributed by atoms with E-state index >= 15 is 0 Å². The number of hydrogen-bond acceptors (Lipinski definition) is 4. The molecule has 1 N–H and O–H groups in total. The molecule has 2 rings (SSSR count). The molecule has 0 bridgehead atoms. The Labute approximate surface area is 117 Å². The summed E-state index contributed by atoms with van der Waals surface area (Å²) in [5.74, 6) is 0.0639. The summed E-state index contributed by atoms with van der Waals surface area (Å²) in [6, 6.07) is 3.96. The molecule has 1 fully saturated rings. The zero-order valence-corrected chi connectivity index (χ0v) is 11.6. The van der Waals surface area contributed by atoms with Crippen molar-refractivity contribution < 1.29 is 14.6 Å². The molecule has 19 heavy (non-hydrogen) atoms. The number of carbonyl (C=O) groups excluding carboxylic acids is 1. The van der Waals surface area contributed by atoms with Crippen LogP contribution in [0.1, 0.15) is 17.7 Å². The average Bonchev–Trinajstić information content (AvgIpc) is 2.96. The van der Waals surface area contributed by atoms with Crippen LogP contribution in [0.3, 0.4) is 0 Å². The number of aliphatic hydroxyl groups is 1. The minimum atomic E-state index is 0.0582. The van der Waals surface area contributed by atoms with Gasteiger partial charge in [-0.05, 0) is 30.4 Å². The number of ether oxygens (including phenoxy) is 1. The molecule has 1 saturated heterocycles. The molecule has 5 heteroatoms. The summed E-state index contributed by atoms with van der Waals surface area (Å²) in [6.45, 7) is 1.90. The van der Waals surface area contributed by atoms with E-state index in [-0.39, 0.29) is 18.6 Å². The monoisotopic (exact) mass is 281 g/mol. The molecular weight excluding hydrogens is 262 g/mol. The average molecular weight is 281 g/mol. The highest BCUT2D eigenvalue weighted by atomic mass is 32.1. The van der Waals surface area contributed by atoms with Crippen molar-refractivity contribution in [1.82, 2.24) is 4.90 Å². The maximum atomic E-state index is 12.0. The predicted molar refractivity (Wildman–Crippen MR) is 76.0 cm³/mol. The van der Waals surface area contributed by atoms with Crippen molar-refractivity contribution >= 4 is 23.3 Å². The molecule has 0 saturated carbocycles. The number of likely N-dealkylation sites (tertiary alicyclic amines) is 1. The van der Waals surface area contributed by atoms with E-state index in [4.69, 9.17) is 9.84 Å². The lowest BCUT2D eigenvalue weighted by Crippen LogP contribution is -2.40. The second-order valence-electron chi connectivity index (χ2n) is 4.47. The molecule has 1 amide bonds. The van der Waals surface area contributed by atoms with Gasteiger partial charge in [0.1, 0.15) is 0 Å². The Balaban J connectivity index is 1.76. The lowest BCUT2D eigenvalue weighted by atomic mass is 10.1. The number of aliphatic hydroxyl groups excluding tert-OH is 1. The van der Waals surface area contributed by atoms with Gasteiger partial charge in [-0.25, -0.2) is 0 Å². The van der Waals surface area contributed by atoms with Crippen molar-refractivity contribution in [2.75, 3.05) is 26.3 Å². The van der Waals surface area contributed by atoms with E-state index in [0.29, 0.717) is 6.61 Å². The van der Waals surface area contributed by atoms with E-state index in [9.17, 15) is 4.79 Å². The van der Waals surface area contributed by atoms with Crippen molar-refractivity contribution in [2.24, 2.45) is 0 Å². The molecule has 4 nitrogen and oxygen atoms in total. The van der Waals surface area contributed by atoms with Crippen LogP contribution in [0, 0.1) is 0 Å². The quantitative estimate of drug-likeness (QED) is 0.837. The second kappa shape index (κ2) is 7.43. The Morgan fingerprint density at radius 1 is 1.53 bits per heavy atom. The van der Waals surface area contributed by atoms with Crippen LogP contribution in [0.5, 0.6) is 0 Å². The Hall–Kier alpha value is -1.17. The van der Waals surface area contributed by atoms with Crippen molar-refractivity contribution in [1.29, 1.82) is 0 Å². The van der Waals surface area contributed by atoms with Crippen molar-refractivity contribution in [3.05, 3.63) is 28.5 Å². The largest absolute Gasteiger partial charge is 0.394 e. The van der Waals surface area contributed by atoms with Gasteiger partial charge in [-0.1, -0.05) is 6.07 Å². The summed E-state index contributed by atoms with van der Waals surface area (Å²) in [4.78, 5) is 14.9. The molecule has 1 aromatic rings. The van der Waals surface area contributed by atoms with Crippen LogP contribution in [-0.4, -0.2) is 48.3 Å². The first kappa shape index (κ1) is 14.2. The van der Waals surface area contributed by atoms with Crippen LogP contribution in [-0.2, 0) is 9.53 Å². The highest BCUT2D eigenvalue weighted by Gasteiger charge is 2.21. The van der Waals surface area contributed by atoms with Gasteiger partial charge in [-0.15, -0.1) is 11.3 Å². The third-order valence-electron chi connectivity index (χ3n) is 3.13. The SMILES string of the molecule is O=C(/C=C/c1cccs1)N1CCC(OCCO)CC1. The van der Waals surface area contributed by atoms with E-state index in [1.54, 1.807) is 17.4 Å². The zero-order valence-electron chi connectivity index (χ0n) is 10.8. The lowest BCUT2D eigenvalue weighted by Gasteiger charge is -2.31. The zero-order chi connectivity index (χ0) is 13.5. The van der Waals surface area contributed by atoms with Crippen LogP contribution < -0.4 is 0 Å². The van der Waals surface area contributed by atoms with Crippen LogP contribution in [0.4, 0.5) is 0 Å². The van der Waals surface area contributed by atoms with Gasteiger partial charge in [0.05, 0.1) is 19.3 Å². The van der Waals surface area contributed by atoms with Gasteiger partial charge < -0.3 is 14.7 Å². The van der Waals surface area contributed by atoms with Gasteiger partial charge in [0.25, 0.3) is 0 Å². The molecule has 1 aliphatic rings. The van der Waals surface area contributed by atoms with Gasteiger partial charge in [0, 0.05) is 24.0 Å². The first-order chi connectivity index (χ1) is 9.29. The normalized spacial score (nSPS) is 17.2. The van der Waals surface area contributed by atoms with E-state index in [1.807, 2.05) is 28.5 Å². The van der Waals surface area contributed by atoms with Gasteiger partial charge in [0.2, 0.25) is 5.91 Å². The van der Waals surface area contributed by atoms with Gasteiger partial charge in [-0.2, -0.15) is 0 Å². The number of piperidine rings is 1. The van der Waals surface area contributed by atoms with E-state index in [1.165, 1.54) is 0 Å². The van der Waals surface area contributed by atoms with Gasteiger partial charge in [-0.3, -0.25) is 4.79 Å². The summed E-state index contributed by atoms with van der Waals surface area (Å²) < 4.78 is 5.47. The number of hydrogen-bond donors (Lipinski definition) is 1. The molecule has 2 heterocycles. The summed E-state index contributed by atoms with van der Waals surface area (Å²) in [6.07, 6.45) is 5.37. The maximum Gasteiger partial charge on any atom is 0.246 e. The first-order valence-electron chi connectivity index (χ1n) is 6.52. The molecule has 0 unspecified atom stereocenters. The summed E-state index contributed by atoms with van der Waals surface area (Å²) in [5, 5.41) is 10.7. The predicted octanol–water partition coefficient (Wildman–Crippen LogP) is 1.76. The molecular formula is C14H19NO3S. The second-order valence-corrected chi connectivity index (χ2v) is 5.45. The smallest absolute Gasteiger partial charge is 0.246 e. The van der Waals surface area contributed by atoms with Crippen molar-refractivity contribution in [3.63, 3.8) is 0 Å². The summed E-state index contributed by atoms with van der Waals surface area (Å²) in [7, 11) is 0. The van der Waals surface area contributed by atoms with Crippen LogP contribution in [0.2, 0.25) is 0 Å². The first-order valence-corrected chi connectivity index (χ1v) is 7.40. The third-order valence-corrected chi connectivity index (χ3v) is 3.97. The molecule has 1 aromatic heterocycles. The fraction of sp³-hybridized carbons (Fsp3) is 0.500. The topological polar surface area (TPSA) is 49.8 Å². The van der Waals surface area contributed by atoms with Crippen LogP contribution in [0.25, 0.3) is 6.08 Å². The summed E-state index contributed by atoms with van der Waals surface area (Å²) >= 11 is 1.62. The number of carbonyl (C=O) groups is 1. The van der Waals surface area contributed by atoms with Crippen LogP contribution in [0.15, 0.2) is 23.6 Å². The molecule has 1 aliphatic heterocycles. The van der Waals surface area contributed by atoms with Gasteiger partial charge >= 0.3 is 0 Å². The fourth-order valence-corrected chi connectivity index (χ4v) is 2.73. The third kappa shape index (κ3) is 4.45. The number of nitrogens with zero attached hydrogens (tertiary/aromatic N) is 1. The molecule has 0 aliphatic carbocycles. The number of thiophene rings is 1. The molecule has 104 valence electrons. The fourth-order valence-electron chi connectivity index (χ4n) is 2.11. The maximum absolute atomic E-state index is 12.0. The van der Waals surface area contributed by atoms with E-state index in [2.05, 4.69) is 0 Å². The Kier molecular flexibility index (Phi) is 5.57. The lowest BCUT2D eigenvalue weighted by molar-refractivity contribution is -0.128. The summed E-state index contributed by atoms with van der Waals surface area (Å²) in [5.41, 5.74) is 0. The minimum absolute atomic E-state index is 0.0582. The number of amides is 1. The van der Waals surface area contributed by atoms with Crippen LogP contribution >= 0.6 is 11.3 Å². The van der Waals surface area contributed by atoms with Crippen molar-refractivity contribution in [2.45, 2.75) is 18.9 Å². The van der Waals surface area contributed by atoms with E-state index < -0.39 is 0 Å². The molecule has 0 atom stereocenters. The van der Waals surface area contributed by atoms with Gasteiger partial charge in [0.15, 0.2) is 0 Å².